The van der Waals surface area contributed by atoms with Gasteiger partial charge in [0.1, 0.15) is 0 Å². The minimum atomic E-state index is -0.363. The molecule has 0 spiro atoms. The van der Waals surface area contributed by atoms with Crippen molar-refractivity contribution < 1.29 is 5.11 Å². The number of benzene rings is 1. The molecule has 0 radical (unpaired) electrons. The zero-order chi connectivity index (χ0) is 13.8. The lowest BCUT2D eigenvalue weighted by molar-refractivity contribution is 0.0543. The van der Waals surface area contributed by atoms with Crippen molar-refractivity contribution >= 4 is 0 Å². The summed E-state index contributed by atoms with van der Waals surface area (Å²) in [5.74, 6) is 0. The van der Waals surface area contributed by atoms with Crippen molar-refractivity contribution in [2.75, 3.05) is 19.6 Å². The normalized spacial score (nSPS) is 29.4. The van der Waals surface area contributed by atoms with Gasteiger partial charge in [-0.05, 0) is 44.3 Å². The van der Waals surface area contributed by atoms with Crippen LogP contribution in [0.15, 0.2) is 30.3 Å². The van der Waals surface area contributed by atoms with Crippen molar-refractivity contribution in [3.05, 3.63) is 35.9 Å². The van der Waals surface area contributed by atoms with E-state index in [4.69, 9.17) is 0 Å². The Morgan fingerprint density at radius 2 is 2.00 bits per heavy atom. The molecule has 0 bridgehead atoms. The van der Waals surface area contributed by atoms with E-state index in [1.165, 1.54) is 32.1 Å². The number of rotatable bonds is 4. The molecule has 3 rings (SSSR count). The zero-order valence-electron chi connectivity index (χ0n) is 12.2. The molecule has 110 valence electrons. The highest BCUT2D eigenvalue weighted by Gasteiger charge is 2.32. The largest absolute Gasteiger partial charge is 0.387 e. The van der Waals surface area contributed by atoms with Crippen LogP contribution in [0.1, 0.15) is 43.8 Å². The van der Waals surface area contributed by atoms with Gasteiger partial charge in [-0.2, -0.15) is 0 Å². The molecule has 0 saturated carbocycles. The van der Waals surface area contributed by atoms with Gasteiger partial charge in [0, 0.05) is 18.6 Å². The predicted octanol–water partition coefficient (Wildman–Crippen LogP) is 2.33. The van der Waals surface area contributed by atoms with Crippen LogP contribution in [-0.2, 0) is 0 Å². The maximum atomic E-state index is 10.5. The Morgan fingerprint density at radius 1 is 1.15 bits per heavy atom. The molecule has 3 unspecified atom stereocenters. The SMILES string of the molecule is OC(CN1CCCCC1C1CCCN1)c1ccccc1. The number of nitrogens with zero attached hydrogens (tertiary/aromatic N) is 1. The maximum Gasteiger partial charge on any atom is 0.0917 e. The zero-order valence-corrected chi connectivity index (χ0v) is 12.2. The highest BCUT2D eigenvalue weighted by molar-refractivity contribution is 5.17. The molecule has 0 aromatic heterocycles. The Hall–Kier alpha value is -0.900. The molecular formula is C17H26N2O. The summed E-state index contributed by atoms with van der Waals surface area (Å²) in [6.45, 7) is 3.07. The minimum Gasteiger partial charge on any atom is -0.387 e. The van der Waals surface area contributed by atoms with Gasteiger partial charge in [-0.1, -0.05) is 36.8 Å². The summed E-state index contributed by atoms with van der Waals surface area (Å²) in [6, 6.07) is 11.3. The summed E-state index contributed by atoms with van der Waals surface area (Å²) in [7, 11) is 0. The summed E-state index contributed by atoms with van der Waals surface area (Å²) < 4.78 is 0. The second kappa shape index (κ2) is 6.70. The lowest BCUT2D eigenvalue weighted by Gasteiger charge is -2.40. The summed E-state index contributed by atoms with van der Waals surface area (Å²) >= 11 is 0. The van der Waals surface area contributed by atoms with Gasteiger partial charge in [-0.15, -0.1) is 0 Å². The molecule has 2 aliphatic rings. The fourth-order valence-corrected chi connectivity index (χ4v) is 3.74. The van der Waals surface area contributed by atoms with Crippen LogP contribution in [0.25, 0.3) is 0 Å². The molecule has 0 aliphatic carbocycles. The van der Waals surface area contributed by atoms with E-state index >= 15 is 0 Å². The number of hydrogen-bond acceptors (Lipinski definition) is 3. The van der Waals surface area contributed by atoms with Crippen LogP contribution in [0.4, 0.5) is 0 Å². The molecule has 3 atom stereocenters. The van der Waals surface area contributed by atoms with Crippen LogP contribution in [-0.4, -0.2) is 41.7 Å². The van der Waals surface area contributed by atoms with Gasteiger partial charge in [-0.3, -0.25) is 4.90 Å². The third-order valence-corrected chi connectivity index (χ3v) is 4.82. The highest BCUT2D eigenvalue weighted by atomic mass is 16.3. The van der Waals surface area contributed by atoms with E-state index in [9.17, 15) is 5.11 Å². The Bertz CT molecular complexity index is 403. The molecule has 2 N–H and O–H groups in total. The number of nitrogens with one attached hydrogen (secondary N) is 1. The van der Waals surface area contributed by atoms with Gasteiger partial charge >= 0.3 is 0 Å². The molecule has 3 nitrogen and oxygen atoms in total. The molecule has 2 heterocycles. The Balaban J connectivity index is 1.64. The molecule has 0 amide bonds. The second-order valence-electron chi connectivity index (χ2n) is 6.19. The smallest absolute Gasteiger partial charge is 0.0917 e. The summed E-state index contributed by atoms with van der Waals surface area (Å²) in [5.41, 5.74) is 1.04. The Morgan fingerprint density at radius 3 is 2.75 bits per heavy atom. The van der Waals surface area contributed by atoms with Gasteiger partial charge in [0.15, 0.2) is 0 Å². The van der Waals surface area contributed by atoms with Crippen molar-refractivity contribution in [1.29, 1.82) is 0 Å². The Kier molecular flexibility index (Phi) is 4.71. The van der Waals surface area contributed by atoms with Gasteiger partial charge < -0.3 is 10.4 Å². The van der Waals surface area contributed by atoms with Gasteiger partial charge in [-0.25, -0.2) is 0 Å². The van der Waals surface area contributed by atoms with Crippen molar-refractivity contribution in [3.8, 4) is 0 Å². The molecule has 2 fully saturated rings. The van der Waals surface area contributed by atoms with E-state index in [1.807, 2.05) is 30.3 Å². The molecule has 20 heavy (non-hydrogen) atoms. The number of aliphatic hydroxyl groups excluding tert-OH is 1. The number of β-amino-alcohol motifs (C(OH)–C–C–N with tert-alkyl or cyclic N) is 1. The van der Waals surface area contributed by atoms with Crippen LogP contribution >= 0.6 is 0 Å². The van der Waals surface area contributed by atoms with Crippen molar-refractivity contribution in [2.24, 2.45) is 0 Å². The van der Waals surface area contributed by atoms with Crippen LogP contribution in [0, 0.1) is 0 Å². The quantitative estimate of drug-likeness (QED) is 0.884. The van der Waals surface area contributed by atoms with E-state index in [1.54, 1.807) is 0 Å². The standard InChI is InChI=1S/C17H26N2O/c20-17(14-7-2-1-3-8-14)13-19-12-5-4-10-16(19)15-9-6-11-18-15/h1-3,7-8,15-18,20H,4-6,9-13H2. The van der Waals surface area contributed by atoms with Crippen LogP contribution in [0.2, 0.25) is 0 Å². The van der Waals surface area contributed by atoms with E-state index in [2.05, 4.69) is 10.2 Å². The number of likely N-dealkylation sites (tertiary alicyclic amines) is 1. The molecule has 2 saturated heterocycles. The van der Waals surface area contributed by atoms with E-state index < -0.39 is 0 Å². The van der Waals surface area contributed by atoms with Gasteiger partial charge in [0.2, 0.25) is 0 Å². The summed E-state index contributed by atoms with van der Waals surface area (Å²) in [5, 5.41) is 14.1. The van der Waals surface area contributed by atoms with Crippen molar-refractivity contribution in [2.45, 2.75) is 50.3 Å². The van der Waals surface area contributed by atoms with Gasteiger partial charge in [0.25, 0.3) is 0 Å². The fraction of sp³-hybridized carbons (Fsp3) is 0.647. The van der Waals surface area contributed by atoms with Gasteiger partial charge in [0.05, 0.1) is 6.10 Å². The van der Waals surface area contributed by atoms with Crippen LogP contribution in [0.5, 0.6) is 0 Å². The lowest BCUT2D eigenvalue weighted by atomic mass is 9.93. The minimum absolute atomic E-state index is 0.363. The van der Waals surface area contributed by atoms with Crippen LogP contribution in [0.3, 0.4) is 0 Å². The van der Waals surface area contributed by atoms with Crippen molar-refractivity contribution in [1.82, 2.24) is 10.2 Å². The predicted molar refractivity (Wildman–Crippen MR) is 81.6 cm³/mol. The summed E-state index contributed by atoms with van der Waals surface area (Å²) in [4.78, 5) is 2.52. The third kappa shape index (κ3) is 3.22. The average Bonchev–Trinajstić information content (AvgIpc) is 3.03. The van der Waals surface area contributed by atoms with E-state index in [0.717, 1.165) is 25.2 Å². The first-order valence-corrected chi connectivity index (χ1v) is 8.05. The number of piperidine rings is 1. The third-order valence-electron chi connectivity index (χ3n) is 4.82. The molecule has 2 aliphatic heterocycles. The average molecular weight is 274 g/mol. The molecule has 3 heteroatoms. The first kappa shape index (κ1) is 14.1. The van der Waals surface area contributed by atoms with E-state index in [0.29, 0.717) is 12.1 Å². The first-order valence-electron chi connectivity index (χ1n) is 8.05. The Labute approximate surface area is 122 Å². The van der Waals surface area contributed by atoms with E-state index in [-0.39, 0.29) is 6.10 Å². The lowest BCUT2D eigenvalue weighted by Crippen LogP contribution is -2.51. The monoisotopic (exact) mass is 274 g/mol. The molecule has 1 aromatic rings. The topological polar surface area (TPSA) is 35.5 Å². The highest BCUT2D eigenvalue weighted by Crippen LogP contribution is 2.26. The fourth-order valence-electron chi connectivity index (χ4n) is 3.74. The first-order chi connectivity index (χ1) is 9.84. The molecule has 1 aromatic carbocycles. The number of aliphatic hydroxyl groups is 1. The van der Waals surface area contributed by atoms with Crippen molar-refractivity contribution in [3.63, 3.8) is 0 Å². The van der Waals surface area contributed by atoms with Crippen LogP contribution < -0.4 is 5.32 Å². The summed E-state index contributed by atoms with van der Waals surface area (Å²) in [6.07, 6.45) is 6.11. The second-order valence-corrected chi connectivity index (χ2v) is 6.19. The number of hydrogen-bond donors (Lipinski definition) is 2. The maximum absolute atomic E-state index is 10.5. The molecular weight excluding hydrogens is 248 g/mol.